The van der Waals surface area contributed by atoms with Crippen LogP contribution in [0.4, 0.5) is 11.5 Å². The van der Waals surface area contributed by atoms with E-state index in [2.05, 4.69) is 38.2 Å². The van der Waals surface area contributed by atoms with Crippen LogP contribution in [0, 0.1) is 5.92 Å². The summed E-state index contributed by atoms with van der Waals surface area (Å²) in [5.41, 5.74) is 1.05. The zero-order valence-corrected chi connectivity index (χ0v) is 16.3. The number of anilines is 2. The number of aromatic nitrogens is 1. The second kappa shape index (κ2) is 7.72. The second-order valence-corrected chi connectivity index (χ2v) is 7.59. The van der Waals surface area contributed by atoms with E-state index in [9.17, 15) is 0 Å². The van der Waals surface area contributed by atoms with Crippen LogP contribution in [0.5, 0.6) is 0 Å². The fourth-order valence-electron chi connectivity index (χ4n) is 3.90. The Hall–Kier alpha value is -2.34. The van der Waals surface area contributed by atoms with Crippen molar-refractivity contribution in [1.29, 1.82) is 0 Å². The molecule has 6 heteroatoms. The molecule has 1 aromatic heterocycles. The van der Waals surface area contributed by atoms with E-state index in [-0.39, 0.29) is 24.2 Å². The molecule has 1 aromatic rings. The standard InChI is InChI=1S/C21H28N4O2/c1-15(2)27-18-7-6-16-13-23-25(20(16)12-18)17-8-9-22-21(11-17)24-10-4-5-19(14-24)26-3/h6-9,11-13,15-16,19-20H,4-5,10,14H2,1-3H3. The Morgan fingerprint density at radius 3 is 3.00 bits per heavy atom. The summed E-state index contributed by atoms with van der Waals surface area (Å²) in [6, 6.07) is 4.30. The van der Waals surface area contributed by atoms with Gasteiger partial charge >= 0.3 is 0 Å². The second-order valence-electron chi connectivity index (χ2n) is 7.59. The van der Waals surface area contributed by atoms with E-state index in [1.54, 1.807) is 7.11 Å². The Balaban J connectivity index is 1.54. The summed E-state index contributed by atoms with van der Waals surface area (Å²) in [6.07, 6.45) is 12.9. The minimum absolute atomic E-state index is 0.145. The Kier molecular flexibility index (Phi) is 5.16. The van der Waals surface area contributed by atoms with E-state index in [1.807, 2.05) is 38.4 Å². The molecule has 0 aromatic carbocycles. The highest BCUT2D eigenvalue weighted by Gasteiger charge is 2.32. The number of piperidine rings is 1. The van der Waals surface area contributed by atoms with Crippen LogP contribution in [0.1, 0.15) is 26.7 Å². The molecule has 0 N–H and O–H groups in total. The van der Waals surface area contributed by atoms with Crippen LogP contribution in [0.3, 0.4) is 0 Å². The number of hydrazone groups is 1. The van der Waals surface area contributed by atoms with Gasteiger partial charge in [-0.05, 0) is 44.9 Å². The molecule has 0 radical (unpaired) electrons. The maximum absolute atomic E-state index is 5.88. The molecule has 3 aliphatic rings. The maximum atomic E-state index is 5.88. The van der Waals surface area contributed by atoms with Gasteiger partial charge < -0.3 is 14.4 Å². The first kappa shape index (κ1) is 18.0. The molecule has 1 aliphatic carbocycles. The monoisotopic (exact) mass is 368 g/mol. The predicted octanol–water partition coefficient (Wildman–Crippen LogP) is 3.37. The summed E-state index contributed by atoms with van der Waals surface area (Å²) in [5, 5.41) is 6.74. The number of nitrogens with zero attached hydrogens (tertiary/aromatic N) is 4. The number of ether oxygens (including phenoxy) is 2. The average molecular weight is 368 g/mol. The van der Waals surface area contributed by atoms with Crippen molar-refractivity contribution < 1.29 is 9.47 Å². The van der Waals surface area contributed by atoms with E-state index in [0.29, 0.717) is 0 Å². The molecule has 4 rings (SSSR count). The number of hydrogen-bond donors (Lipinski definition) is 0. The van der Waals surface area contributed by atoms with Crippen molar-refractivity contribution in [2.45, 2.75) is 44.9 Å². The number of hydrogen-bond acceptors (Lipinski definition) is 6. The molecule has 6 nitrogen and oxygen atoms in total. The van der Waals surface area contributed by atoms with Crippen molar-refractivity contribution in [3.8, 4) is 0 Å². The molecule has 0 bridgehead atoms. The van der Waals surface area contributed by atoms with E-state index in [1.165, 1.54) is 0 Å². The largest absolute Gasteiger partial charge is 0.491 e. The van der Waals surface area contributed by atoms with Gasteiger partial charge in [0.1, 0.15) is 11.6 Å². The van der Waals surface area contributed by atoms with Crippen LogP contribution >= 0.6 is 0 Å². The molecular weight excluding hydrogens is 340 g/mol. The minimum atomic E-state index is 0.145. The maximum Gasteiger partial charge on any atom is 0.130 e. The van der Waals surface area contributed by atoms with Gasteiger partial charge in [0.25, 0.3) is 0 Å². The minimum Gasteiger partial charge on any atom is -0.491 e. The molecule has 3 unspecified atom stereocenters. The summed E-state index contributed by atoms with van der Waals surface area (Å²) in [6.45, 7) is 5.99. The SMILES string of the molecule is COC1CCCN(c2cc(N3N=CC4C=CC(OC(C)C)=CC43)ccn2)C1. The van der Waals surface area contributed by atoms with Gasteiger partial charge in [0, 0.05) is 44.6 Å². The van der Waals surface area contributed by atoms with Crippen LogP contribution in [0.15, 0.2) is 47.4 Å². The van der Waals surface area contributed by atoms with Gasteiger partial charge in [0.15, 0.2) is 0 Å². The van der Waals surface area contributed by atoms with Crippen LogP contribution in [0.25, 0.3) is 0 Å². The molecule has 27 heavy (non-hydrogen) atoms. The highest BCUT2D eigenvalue weighted by molar-refractivity contribution is 5.74. The summed E-state index contributed by atoms with van der Waals surface area (Å²) in [5.74, 6) is 2.17. The summed E-state index contributed by atoms with van der Waals surface area (Å²) in [4.78, 5) is 6.91. The van der Waals surface area contributed by atoms with E-state index in [4.69, 9.17) is 9.47 Å². The summed E-state index contributed by atoms with van der Waals surface area (Å²) < 4.78 is 11.4. The summed E-state index contributed by atoms with van der Waals surface area (Å²) in [7, 11) is 1.79. The molecule has 0 amide bonds. The highest BCUT2D eigenvalue weighted by atomic mass is 16.5. The highest BCUT2D eigenvalue weighted by Crippen LogP contribution is 2.32. The van der Waals surface area contributed by atoms with Gasteiger partial charge in [-0.15, -0.1) is 0 Å². The number of fused-ring (bicyclic) bond motifs is 1. The van der Waals surface area contributed by atoms with E-state index < -0.39 is 0 Å². The lowest BCUT2D eigenvalue weighted by Gasteiger charge is -2.33. The Morgan fingerprint density at radius 2 is 2.19 bits per heavy atom. The van der Waals surface area contributed by atoms with Crippen molar-refractivity contribution in [1.82, 2.24) is 4.98 Å². The van der Waals surface area contributed by atoms with Gasteiger partial charge in [-0.2, -0.15) is 5.10 Å². The molecular formula is C21H28N4O2. The third-order valence-electron chi connectivity index (χ3n) is 5.26. The van der Waals surface area contributed by atoms with Crippen LogP contribution in [-0.4, -0.2) is 49.6 Å². The summed E-state index contributed by atoms with van der Waals surface area (Å²) >= 11 is 0. The smallest absolute Gasteiger partial charge is 0.130 e. The molecule has 1 saturated heterocycles. The lowest BCUT2D eigenvalue weighted by Crippen LogP contribution is -2.39. The Bertz CT molecular complexity index is 758. The Morgan fingerprint density at radius 1 is 1.30 bits per heavy atom. The van der Waals surface area contributed by atoms with Crippen molar-refractivity contribution in [3.63, 3.8) is 0 Å². The number of pyridine rings is 1. The molecule has 3 atom stereocenters. The van der Waals surface area contributed by atoms with Gasteiger partial charge in [-0.3, -0.25) is 5.01 Å². The Labute approximate surface area is 161 Å². The van der Waals surface area contributed by atoms with E-state index in [0.717, 1.165) is 43.2 Å². The normalized spacial score (nSPS) is 27.1. The zero-order chi connectivity index (χ0) is 18.8. The molecule has 1 fully saturated rings. The van der Waals surface area contributed by atoms with E-state index >= 15 is 0 Å². The fourth-order valence-corrected chi connectivity index (χ4v) is 3.90. The van der Waals surface area contributed by atoms with Crippen molar-refractivity contribution in [2.24, 2.45) is 11.0 Å². The van der Waals surface area contributed by atoms with Gasteiger partial charge in [0.2, 0.25) is 0 Å². The molecule has 0 spiro atoms. The van der Waals surface area contributed by atoms with Crippen LogP contribution in [0.2, 0.25) is 0 Å². The topological polar surface area (TPSA) is 50.2 Å². The average Bonchev–Trinajstić information content (AvgIpc) is 3.11. The number of rotatable bonds is 5. The molecule has 3 heterocycles. The van der Waals surface area contributed by atoms with Gasteiger partial charge in [-0.1, -0.05) is 6.08 Å². The quantitative estimate of drug-likeness (QED) is 0.798. The van der Waals surface area contributed by atoms with Crippen molar-refractivity contribution >= 4 is 17.7 Å². The lowest BCUT2D eigenvalue weighted by molar-refractivity contribution is 0.0891. The first-order chi connectivity index (χ1) is 13.1. The van der Waals surface area contributed by atoms with Crippen LogP contribution in [-0.2, 0) is 9.47 Å². The van der Waals surface area contributed by atoms with Gasteiger partial charge in [0.05, 0.1) is 23.9 Å². The molecule has 2 aliphatic heterocycles. The lowest BCUT2D eigenvalue weighted by atomic mass is 9.96. The third-order valence-corrected chi connectivity index (χ3v) is 5.26. The van der Waals surface area contributed by atoms with Crippen molar-refractivity contribution in [2.75, 3.05) is 30.1 Å². The fraction of sp³-hybridized carbons (Fsp3) is 0.524. The third kappa shape index (κ3) is 3.86. The number of allylic oxidation sites excluding steroid dienone is 1. The molecule has 0 saturated carbocycles. The zero-order valence-electron chi connectivity index (χ0n) is 16.3. The predicted molar refractivity (Wildman–Crippen MR) is 108 cm³/mol. The van der Waals surface area contributed by atoms with Gasteiger partial charge in [-0.25, -0.2) is 4.98 Å². The van der Waals surface area contributed by atoms with Crippen molar-refractivity contribution in [3.05, 3.63) is 42.3 Å². The first-order valence-corrected chi connectivity index (χ1v) is 9.78. The first-order valence-electron chi connectivity index (χ1n) is 9.78. The number of methoxy groups -OCH3 is 1. The van der Waals surface area contributed by atoms with Crippen LogP contribution < -0.4 is 9.91 Å². The molecule has 144 valence electrons.